The smallest absolute Gasteiger partial charge is 0.332 e. The van der Waals surface area contributed by atoms with Gasteiger partial charge in [-0.25, -0.2) is 9.59 Å². The van der Waals surface area contributed by atoms with Crippen molar-refractivity contribution in [3.05, 3.63) is 0 Å². The Bertz CT molecular complexity index is 140. The summed E-state index contributed by atoms with van der Waals surface area (Å²) in [5.41, 5.74) is 0. The Morgan fingerprint density at radius 3 is 0.929 bits per heavy atom. The molecule has 4 N–H and O–H groups in total. The van der Waals surface area contributed by atoms with Crippen LogP contribution in [0.25, 0.3) is 0 Å². The van der Waals surface area contributed by atoms with Gasteiger partial charge in [0.05, 0.1) is 0 Å². The first-order valence-electron chi connectivity index (χ1n) is 3.10. The topological polar surface area (TPSA) is 115 Å². The Morgan fingerprint density at radius 2 is 0.929 bits per heavy atom. The Morgan fingerprint density at radius 1 is 0.857 bits per heavy atom. The molecule has 0 heterocycles. The number of carbonyl (C=O) groups is 2. The summed E-state index contributed by atoms with van der Waals surface area (Å²) in [6.45, 7) is 2.39. The molecule has 0 fully saturated rings. The second-order valence-corrected chi connectivity index (χ2v) is 2.03. The quantitative estimate of drug-likeness (QED) is 0.481. The molecule has 94 valence electrons. The molecule has 0 aliphatic rings. The minimum Gasteiger partial charge on any atom is -0.479 e. The second kappa shape index (κ2) is 12.9. The standard InChI is InChI=1S/2C3H6O3.2Cu/c2*1-2(4)3(5)6;;/h2*2,4H,1H3,(H,5,6);;. The molecule has 0 amide bonds. The van der Waals surface area contributed by atoms with E-state index < -0.39 is 24.1 Å². The van der Waals surface area contributed by atoms with Crippen LogP contribution < -0.4 is 0 Å². The fraction of sp³-hybridized carbons (Fsp3) is 0.667. The number of carboxylic acids is 2. The monoisotopic (exact) mass is 306 g/mol. The first kappa shape index (κ1) is 23.6. The van der Waals surface area contributed by atoms with Gasteiger partial charge in [0.15, 0.2) is 0 Å². The fourth-order valence-corrected chi connectivity index (χ4v) is 0. The number of aliphatic carboxylic acids is 2. The van der Waals surface area contributed by atoms with Crippen LogP contribution in [0.2, 0.25) is 0 Å². The predicted octanol–water partition coefficient (Wildman–Crippen LogP) is -1.10. The molecule has 6 nitrogen and oxygen atoms in total. The zero-order valence-corrected chi connectivity index (χ0v) is 9.25. The van der Waals surface area contributed by atoms with E-state index in [-0.39, 0.29) is 34.1 Å². The molecule has 0 bridgehead atoms. The predicted molar refractivity (Wildman–Crippen MR) is 38.6 cm³/mol. The van der Waals surface area contributed by atoms with Gasteiger partial charge in [0.1, 0.15) is 12.2 Å². The third-order valence-corrected chi connectivity index (χ3v) is 0.715. The third kappa shape index (κ3) is 22.7. The maximum atomic E-state index is 9.45. The summed E-state index contributed by atoms with van der Waals surface area (Å²) in [5.74, 6) is -2.37. The van der Waals surface area contributed by atoms with Crippen molar-refractivity contribution in [3.8, 4) is 0 Å². The van der Waals surface area contributed by atoms with Crippen molar-refractivity contribution in [2.45, 2.75) is 26.1 Å². The molecular weight excluding hydrogens is 295 g/mol. The van der Waals surface area contributed by atoms with Crippen LogP contribution in [0.3, 0.4) is 0 Å². The number of carboxylic acid groups (broad SMARTS) is 2. The second-order valence-electron chi connectivity index (χ2n) is 2.03. The van der Waals surface area contributed by atoms with Crippen molar-refractivity contribution in [1.29, 1.82) is 0 Å². The molecule has 14 heavy (non-hydrogen) atoms. The molecular formula is C6H12Cu2O6. The van der Waals surface area contributed by atoms with E-state index in [9.17, 15) is 9.59 Å². The zero-order chi connectivity index (χ0) is 10.3. The van der Waals surface area contributed by atoms with Crippen molar-refractivity contribution >= 4 is 11.9 Å². The van der Waals surface area contributed by atoms with E-state index in [2.05, 4.69) is 0 Å². The van der Waals surface area contributed by atoms with Crippen LogP contribution in [0.4, 0.5) is 0 Å². The van der Waals surface area contributed by atoms with E-state index in [4.69, 9.17) is 20.4 Å². The average molecular weight is 307 g/mol. The summed E-state index contributed by atoms with van der Waals surface area (Å²) in [6.07, 6.45) is -2.46. The largest absolute Gasteiger partial charge is 0.479 e. The summed E-state index contributed by atoms with van der Waals surface area (Å²) in [6, 6.07) is 0. The number of aliphatic hydroxyl groups excluding tert-OH is 2. The van der Waals surface area contributed by atoms with E-state index in [0.717, 1.165) is 0 Å². The summed E-state index contributed by atoms with van der Waals surface area (Å²) in [5, 5.41) is 31.5. The van der Waals surface area contributed by atoms with Gasteiger partial charge in [-0.2, -0.15) is 0 Å². The molecule has 0 aromatic carbocycles. The van der Waals surface area contributed by atoms with Gasteiger partial charge < -0.3 is 20.4 Å². The van der Waals surface area contributed by atoms with Gasteiger partial charge in [0, 0.05) is 34.1 Å². The molecule has 0 aromatic heterocycles. The Hall–Kier alpha value is -0.101. The summed E-state index contributed by atoms with van der Waals surface area (Å²) in [4.78, 5) is 18.9. The number of hydrogen-bond acceptors (Lipinski definition) is 4. The van der Waals surface area contributed by atoms with Crippen LogP contribution in [0.15, 0.2) is 0 Å². The van der Waals surface area contributed by atoms with E-state index in [1.807, 2.05) is 0 Å². The van der Waals surface area contributed by atoms with E-state index >= 15 is 0 Å². The first-order chi connectivity index (χ1) is 5.29. The molecule has 2 radical (unpaired) electrons. The number of hydrogen-bond donors (Lipinski definition) is 4. The van der Waals surface area contributed by atoms with Crippen LogP contribution in [0, 0.1) is 0 Å². The number of rotatable bonds is 2. The fourth-order valence-electron chi connectivity index (χ4n) is 0. The van der Waals surface area contributed by atoms with Gasteiger partial charge in [0.25, 0.3) is 0 Å². The Kier molecular flexibility index (Phi) is 21.7. The molecule has 8 heteroatoms. The molecule has 0 spiro atoms. The van der Waals surface area contributed by atoms with Crippen molar-refractivity contribution in [2.75, 3.05) is 0 Å². The molecule has 0 rings (SSSR count). The van der Waals surface area contributed by atoms with Crippen LogP contribution in [0.1, 0.15) is 13.8 Å². The minimum absolute atomic E-state index is 0. The molecule has 2 unspecified atom stereocenters. The molecule has 2 atom stereocenters. The summed E-state index contributed by atoms with van der Waals surface area (Å²) in [7, 11) is 0. The zero-order valence-electron chi connectivity index (χ0n) is 7.36. The van der Waals surface area contributed by atoms with Gasteiger partial charge >= 0.3 is 11.9 Å². The van der Waals surface area contributed by atoms with Crippen LogP contribution >= 0.6 is 0 Å². The van der Waals surface area contributed by atoms with Crippen LogP contribution in [-0.2, 0) is 43.7 Å². The summed E-state index contributed by atoms with van der Waals surface area (Å²) < 4.78 is 0. The van der Waals surface area contributed by atoms with Gasteiger partial charge in [-0.1, -0.05) is 0 Å². The molecule has 0 saturated carbocycles. The van der Waals surface area contributed by atoms with Crippen molar-refractivity contribution in [2.24, 2.45) is 0 Å². The minimum atomic E-state index is -1.23. The van der Waals surface area contributed by atoms with Crippen molar-refractivity contribution in [3.63, 3.8) is 0 Å². The first-order valence-corrected chi connectivity index (χ1v) is 3.10. The maximum Gasteiger partial charge on any atom is 0.332 e. The van der Waals surface area contributed by atoms with Crippen molar-refractivity contribution < 1.29 is 64.2 Å². The molecule has 0 aliphatic carbocycles. The van der Waals surface area contributed by atoms with E-state index in [1.165, 1.54) is 13.8 Å². The normalized spacial score (nSPS) is 11.7. The van der Waals surface area contributed by atoms with Gasteiger partial charge in [-0.05, 0) is 13.8 Å². The van der Waals surface area contributed by atoms with Crippen LogP contribution in [0.5, 0.6) is 0 Å². The van der Waals surface area contributed by atoms with Crippen molar-refractivity contribution in [1.82, 2.24) is 0 Å². The molecule has 0 saturated heterocycles. The van der Waals surface area contributed by atoms with Crippen LogP contribution in [-0.4, -0.2) is 44.6 Å². The molecule has 0 aliphatic heterocycles. The summed E-state index contributed by atoms with van der Waals surface area (Å²) >= 11 is 0. The Balaban J connectivity index is -0.0000000625. The maximum absolute atomic E-state index is 9.45. The van der Waals surface area contributed by atoms with Gasteiger partial charge in [-0.15, -0.1) is 0 Å². The SMILES string of the molecule is CC(O)C(=O)O.CC(O)C(=O)O.[Cu].[Cu]. The number of aliphatic hydroxyl groups is 2. The van der Waals surface area contributed by atoms with E-state index in [1.54, 1.807) is 0 Å². The molecule has 0 aromatic rings. The Labute approximate surface area is 102 Å². The van der Waals surface area contributed by atoms with E-state index in [0.29, 0.717) is 0 Å². The third-order valence-electron chi connectivity index (χ3n) is 0.715. The van der Waals surface area contributed by atoms with Gasteiger partial charge in [0.2, 0.25) is 0 Å². The average Bonchev–Trinajstić information content (AvgIpc) is 1.88. The van der Waals surface area contributed by atoms with Gasteiger partial charge in [-0.3, -0.25) is 0 Å².